The van der Waals surface area contributed by atoms with Gasteiger partial charge >= 0.3 is 5.69 Å². The predicted octanol–water partition coefficient (Wildman–Crippen LogP) is 2.16. The Morgan fingerprint density at radius 2 is 2.35 bits per heavy atom. The summed E-state index contributed by atoms with van der Waals surface area (Å²) in [7, 11) is 1.48. The van der Waals surface area contributed by atoms with Crippen molar-refractivity contribution in [3.8, 4) is 5.88 Å². The normalized spacial score (nSPS) is 11.9. The van der Waals surface area contributed by atoms with E-state index in [2.05, 4.69) is 10.3 Å². The molecule has 0 fully saturated rings. The summed E-state index contributed by atoms with van der Waals surface area (Å²) in [5.74, 6) is 1.45. The lowest BCUT2D eigenvalue weighted by Gasteiger charge is -2.13. The molecule has 1 heterocycles. The smallest absolute Gasteiger partial charge is 0.311 e. The van der Waals surface area contributed by atoms with Crippen LogP contribution in [-0.2, 0) is 0 Å². The zero-order valence-corrected chi connectivity index (χ0v) is 10.8. The maximum atomic E-state index is 10.8. The second-order valence-electron chi connectivity index (χ2n) is 3.48. The number of hydrogen-bond acceptors (Lipinski definition) is 6. The Bertz CT molecular complexity index is 400. The van der Waals surface area contributed by atoms with Crippen LogP contribution in [0.2, 0.25) is 0 Å². The maximum absolute atomic E-state index is 10.8. The van der Waals surface area contributed by atoms with Crippen LogP contribution in [0.1, 0.15) is 6.92 Å². The van der Waals surface area contributed by atoms with E-state index in [9.17, 15) is 10.1 Å². The Morgan fingerprint density at radius 3 is 2.88 bits per heavy atom. The van der Waals surface area contributed by atoms with Gasteiger partial charge in [-0.1, -0.05) is 0 Å². The number of rotatable bonds is 6. The molecule has 0 amide bonds. The van der Waals surface area contributed by atoms with Gasteiger partial charge in [0.25, 0.3) is 0 Å². The van der Waals surface area contributed by atoms with Crippen LogP contribution in [0.5, 0.6) is 5.88 Å². The highest BCUT2D eigenvalue weighted by Crippen LogP contribution is 2.25. The minimum atomic E-state index is -0.458. The third kappa shape index (κ3) is 3.77. The first-order valence-corrected chi connectivity index (χ1v) is 6.42. The first-order chi connectivity index (χ1) is 8.08. The van der Waals surface area contributed by atoms with Gasteiger partial charge in [0.1, 0.15) is 0 Å². The van der Waals surface area contributed by atoms with Crippen molar-refractivity contribution < 1.29 is 9.66 Å². The van der Waals surface area contributed by atoms with E-state index in [-0.39, 0.29) is 17.5 Å². The first kappa shape index (κ1) is 13.6. The second kappa shape index (κ2) is 6.29. The van der Waals surface area contributed by atoms with Gasteiger partial charge in [0.2, 0.25) is 11.7 Å². The van der Waals surface area contributed by atoms with E-state index >= 15 is 0 Å². The molecule has 6 nitrogen and oxygen atoms in total. The molecule has 1 aromatic heterocycles. The molecule has 0 bridgehead atoms. The van der Waals surface area contributed by atoms with E-state index in [4.69, 9.17) is 4.74 Å². The van der Waals surface area contributed by atoms with Gasteiger partial charge in [-0.3, -0.25) is 10.1 Å². The first-order valence-electron chi connectivity index (χ1n) is 5.03. The molecule has 0 spiro atoms. The van der Waals surface area contributed by atoms with Crippen LogP contribution in [0.4, 0.5) is 11.5 Å². The number of ether oxygens (including phenoxy) is 1. The zero-order chi connectivity index (χ0) is 12.8. The molecule has 1 unspecified atom stereocenters. The van der Waals surface area contributed by atoms with Crippen molar-refractivity contribution >= 4 is 23.3 Å². The fraction of sp³-hybridized carbons (Fsp3) is 0.500. The number of hydrogen-bond donors (Lipinski definition) is 1. The van der Waals surface area contributed by atoms with Gasteiger partial charge in [-0.15, -0.1) is 0 Å². The number of anilines is 1. The zero-order valence-electron chi connectivity index (χ0n) is 9.97. The van der Waals surface area contributed by atoms with E-state index < -0.39 is 4.92 Å². The second-order valence-corrected chi connectivity index (χ2v) is 4.39. The topological polar surface area (TPSA) is 77.3 Å². The fourth-order valence-corrected chi connectivity index (χ4v) is 1.91. The van der Waals surface area contributed by atoms with E-state index in [1.54, 1.807) is 11.8 Å². The van der Waals surface area contributed by atoms with Crippen molar-refractivity contribution in [2.45, 2.75) is 13.0 Å². The number of pyridine rings is 1. The lowest BCUT2D eigenvalue weighted by molar-refractivity contribution is -0.384. The molecule has 94 valence electrons. The van der Waals surface area contributed by atoms with Gasteiger partial charge in [0, 0.05) is 23.9 Å². The molecule has 17 heavy (non-hydrogen) atoms. The number of aromatic nitrogens is 1. The number of methoxy groups -OCH3 is 1. The van der Waals surface area contributed by atoms with Crippen LogP contribution in [0.15, 0.2) is 12.1 Å². The lowest BCUT2D eigenvalue weighted by atomic mass is 10.3. The molecule has 0 aliphatic carbocycles. The Kier molecular flexibility index (Phi) is 5.02. The molecule has 0 aliphatic rings. The van der Waals surface area contributed by atoms with E-state index in [1.807, 2.05) is 13.2 Å². The Labute approximate surface area is 104 Å². The Morgan fingerprint density at radius 1 is 1.65 bits per heavy atom. The van der Waals surface area contributed by atoms with Gasteiger partial charge < -0.3 is 10.1 Å². The molecule has 1 atom stereocenters. The average Bonchev–Trinajstić information content (AvgIpc) is 2.28. The minimum Gasteiger partial charge on any atom is -0.481 e. The minimum absolute atomic E-state index is 0.0428. The van der Waals surface area contributed by atoms with Crippen LogP contribution in [0, 0.1) is 10.1 Å². The maximum Gasteiger partial charge on any atom is 0.311 e. The Balaban J connectivity index is 2.96. The molecule has 0 saturated heterocycles. The molecular formula is C10H15N3O3S. The summed E-state index contributed by atoms with van der Waals surface area (Å²) in [6.07, 6.45) is 1.98. The molecule has 0 aromatic carbocycles. The molecule has 0 aliphatic heterocycles. The Hall–Kier alpha value is -1.50. The number of nitro groups is 1. The molecular weight excluding hydrogens is 242 g/mol. The van der Waals surface area contributed by atoms with Crippen molar-refractivity contribution in [1.82, 2.24) is 4.98 Å². The molecule has 0 radical (unpaired) electrons. The SMILES string of the molecule is COc1ccc([N+](=O)[O-])c(NC(C)CSC)n1. The van der Waals surface area contributed by atoms with Gasteiger partial charge in [-0.2, -0.15) is 16.7 Å². The summed E-state index contributed by atoms with van der Waals surface area (Å²) in [6, 6.07) is 2.96. The average molecular weight is 257 g/mol. The number of thioether (sulfide) groups is 1. The van der Waals surface area contributed by atoms with Gasteiger partial charge in [-0.05, 0) is 13.2 Å². The molecule has 1 aromatic rings. The van der Waals surface area contributed by atoms with Gasteiger partial charge in [0.05, 0.1) is 12.0 Å². The van der Waals surface area contributed by atoms with Crippen LogP contribution < -0.4 is 10.1 Å². The van der Waals surface area contributed by atoms with Crippen molar-refractivity contribution in [2.24, 2.45) is 0 Å². The molecule has 7 heteroatoms. The predicted molar refractivity (Wildman–Crippen MR) is 68.9 cm³/mol. The van der Waals surface area contributed by atoms with Crippen molar-refractivity contribution in [1.29, 1.82) is 0 Å². The summed E-state index contributed by atoms with van der Waals surface area (Å²) in [5.41, 5.74) is -0.0428. The highest BCUT2D eigenvalue weighted by Gasteiger charge is 2.17. The monoisotopic (exact) mass is 257 g/mol. The fourth-order valence-electron chi connectivity index (χ4n) is 1.33. The third-order valence-electron chi connectivity index (χ3n) is 2.05. The summed E-state index contributed by atoms with van der Waals surface area (Å²) >= 11 is 1.66. The summed E-state index contributed by atoms with van der Waals surface area (Å²) in [4.78, 5) is 14.4. The van der Waals surface area contributed by atoms with Crippen molar-refractivity contribution in [3.05, 3.63) is 22.2 Å². The van der Waals surface area contributed by atoms with Crippen molar-refractivity contribution in [2.75, 3.05) is 24.4 Å². The van der Waals surface area contributed by atoms with Crippen LogP contribution in [-0.4, -0.2) is 35.1 Å². The molecule has 1 rings (SSSR count). The van der Waals surface area contributed by atoms with E-state index in [1.165, 1.54) is 19.2 Å². The van der Waals surface area contributed by atoms with Gasteiger partial charge in [-0.25, -0.2) is 0 Å². The highest BCUT2D eigenvalue weighted by molar-refractivity contribution is 7.98. The highest BCUT2D eigenvalue weighted by atomic mass is 32.2. The summed E-state index contributed by atoms with van der Waals surface area (Å²) in [6.45, 7) is 1.95. The van der Waals surface area contributed by atoms with Gasteiger partial charge in [0.15, 0.2) is 0 Å². The van der Waals surface area contributed by atoms with Crippen molar-refractivity contribution in [3.63, 3.8) is 0 Å². The largest absolute Gasteiger partial charge is 0.481 e. The van der Waals surface area contributed by atoms with Crippen LogP contribution >= 0.6 is 11.8 Å². The van der Waals surface area contributed by atoms with Crippen LogP contribution in [0.25, 0.3) is 0 Å². The number of nitrogens with one attached hydrogen (secondary N) is 1. The standard InChI is InChI=1S/C10H15N3O3S/c1-7(6-17-3)11-10-8(13(14)15)4-5-9(12-10)16-2/h4-5,7H,6H2,1-3H3,(H,11,12). The van der Waals surface area contributed by atoms with Crippen LogP contribution in [0.3, 0.4) is 0 Å². The molecule has 0 saturated carbocycles. The quantitative estimate of drug-likeness (QED) is 0.621. The van der Waals surface area contributed by atoms with E-state index in [0.717, 1.165) is 5.75 Å². The van der Waals surface area contributed by atoms with E-state index in [0.29, 0.717) is 5.88 Å². The summed E-state index contributed by atoms with van der Waals surface area (Å²) < 4.78 is 4.95. The summed E-state index contributed by atoms with van der Waals surface area (Å²) in [5, 5.41) is 13.9. The lowest BCUT2D eigenvalue weighted by Crippen LogP contribution is -2.19. The third-order valence-corrected chi connectivity index (χ3v) is 2.89. The number of nitrogens with zero attached hydrogens (tertiary/aromatic N) is 2. The molecule has 1 N–H and O–H groups in total.